The van der Waals surface area contributed by atoms with Crippen molar-refractivity contribution < 1.29 is 9.53 Å². The van der Waals surface area contributed by atoms with Gasteiger partial charge in [-0.1, -0.05) is 50.1 Å². The van der Waals surface area contributed by atoms with E-state index >= 15 is 0 Å². The molecule has 2 N–H and O–H groups in total. The van der Waals surface area contributed by atoms with Gasteiger partial charge in [-0.2, -0.15) is 0 Å². The van der Waals surface area contributed by atoms with E-state index < -0.39 is 6.04 Å². The number of ether oxygens (including phenoxy) is 1. The summed E-state index contributed by atoms with van der Waals surface area (Å²) in [5.41, 5.74) is 6.68. The number of carbonyl (C=O) groups is 1. The largest absolute Gasteiger partial charge is 0.460 e. The molecule has 0 aliphatic rings. The highest BCUT2D eigenvalue weighted by Gasteiger charge is 2.13. The van der Waals surface area contributed by atoms with E-state index in [2.05, 4.69) is 6.92 Å². The van der Waals surface area contributed by atoms with E-state index in [1.54, 1.807) is 0 Å². The fourth-order valence-corrected chi connectivity index (χ4v) is 1.38. The topological polar surface area (TPSA) is 52.3 Å². The Morgan fingerprint density at radius 1 is 1.38 bits per heavy atom. The van der Waals surface area contributed by atoms with Crippen molar-refractivity contribution in [3.05, 3.63) is 35.9 Å². The molecule has 0 aromatic heterocycles. The van der Waals surface area contributed by atoms with Gasteiger partial charge in [-0.3, -0.25) is 4.79 Å². The van der Waals surface area contributed by atoms with Crippen molar-refractivity contribution in [3.8, 4) is 0 Å². The lowest BCUT2D eigenvalue weighted by molar-refractivity contribution is -0.146. The van der Waals surface area contributed by atoms with Gasteiger partial charge in [0, 0.05) is 0 Å². The molecule has 3 nitrogen and oxygen atoms in total. The lowest BCUT2D eigenvalue weighted by Crippen LogP contribution is -2.32. The van der Waals surface area contributed by atoms with Crippen molar-refractivity contribution >= 4 is 5.97 Å². The lowest BCUT2D eigenvalue weighted by Gasteiger charge is -2.10. The minimum absolute atomic E-state index is 0.305. The van der Waals surface area contributed by atoms with Gasteiger partial charge >= 0.3 is 5.97 Å². The second-order valence-corrected chi connectivity index (χ2v) is 3.84. The van der Waals surface area contributed by atoms with Crippen LogP contribution in [-0.4, -0.2) is 12.0 Å². The summed E-state index contributed by atoms with van der Waals surface area (Å²) >= 11 is 0. The van der Waals surface area contributed by atoms with Crippen molar-refractivity contribution in [1.82, 2.24) is 0 Å². The van der Waals surface area contributed by atoms with Crippen LogP contribution in [0.3, 0.4) is 0 Å². The first-order chi connectivity index (χ1) is 7.74. The maximum absolute atomic E-state index is 11.5. The van der Waals surface area contributed by atoms with Crippen LogP contribution in [0.25, 0.3) is 0 Å². The third-order valence-corrected chi connectivity index (χ3v) is 2.40. The molecule has 16 heavy (non-hydrogen) atoms. The number of carbonyl (C=O) groups excluding carboxylic acids is 1. The van der Waals surface area contributed by atoms with Crippen LogP contribution >= 0.6 is 0 Å². The minimum Gasteiger partial charge on any atom is -0.460 e. The van der Waals surface area contributed by atoms with Gasteiger partial charge in [-0.25, -0.2) is 0 Å². The predicted molar refractivity (Wildman–Crippen MR) is 63.7 cm³/mol. The van der Waals surface area contributed by atoms with Gasteiger partial charge < -0.3 is 10.5 Å². The Labute approximate surface area is 96.6 Å². The highest BCUT2D eigenvalue weighted by molar-refractivity contribution is 5.75. The van der Waals surface area contributed by atoms with Crippen LogP contribution in [0.1, 0.15) is 31.7 Å². The third-order valence-electron chi connectivity index (χ3n) is 2.40. The number of esters is 1. The summed E-state index contributed by atoms with van der Waals surface area (Å²) in [6.07, 6.45) is 2.70. The zero-order chi connectivity index (χ0) is 11.8. The molecule has 1 aromatic carbocycles. The van der Waals surface area contributed by atoms with Gasteiger partial charge in [0.05, 0.1) is 0 Å². The van der Waals surface area contributed by atoms with Gasteiger partial charge in [0.2, 0.25) is 0 Å². The molecule has 0 bridgehead atoms. The Morgan fingerprint density at radius 3 is 2.69 bits per heavy atom. The van der Waals surface area contributed by atoms with Crippen molar-refractivity contribution in [1.29, 1.82) is 0 Å². The summed E-state index contributed by atoms with van der Waals surface area (Å²) in [6, 6.07) is 9.12. The molecular formula is C13H19NO2. The van der Waals surface area contributed by atoms with Gasteiger partial charge in [0.25, 0.3) is 0 Å². The van der Waals surface area contributed by atoms with E-state index in [1.807, 2.05) is 30.3 Å². The Balaban J connectivity index is 2.29. The number of hydrogen-bond donors (Lipinski definition) is 1. The number of benzene rings is 1. The highest BCUT2D eigenvalue weighted by atomic mass is 16.5. The molecule has 88 valence electrons. The van der Waals surface area contributed by atoms with Crippen LogP contribution in [0.2, 0.25) is 0 Å². The number of hydrogen-bond acceptors (Lipinski definition) is 3. The van der Waals surface area contributed by atoms with Gasteiger partial charge in [-0.15, -0.1) is 0 Å². The van der Waals surface area contributed by atoms with E-state index in [0.29, 0.717) is 13.0 Å². The summed E-state index contributed by atoms with van der Waals surface area (Å²) in [5.74, 6) is -0.308. The molecule has 0 heterocycles. The standard InChI is InChI=1S/C13H19NO2/c1-2-3-9-12(14)13(15)16-10-11-7-5-4-6-8-11/h4-8,12H,2-3,9-10,14H2,1H3. The third kappa shape index (κ3) is 4.45. The summed E-state index contributed by atoms with van der Waals surface area (Å²) in [4.78, 5) is 11.5. The van der Waals surface area contributed by atoms with Crippen molar-refractivity contribution in [2.45, 2.75) is 38.8 Å². The number of rotatable bonds is 6. The maximum atomic E-state index is 11.5. The van der Waals surface area contributed by atoms with Gasteiger partial charge in [0.1, 0.15) is 12.6 Å². The Morgan fingerprint density at radius 2 is 2.06 bits per heavy atom. The quantitative estimate of drug-likeness (QED) is 0.749. The predicted octanol–water partition coefficient (Wildman–Crippen LogP) is 2.25. The molecule has 1 unspecified atom stereocenters. The van der Waals surface area contributed by atoms with Gasteiger partial charge in [0.15, 0.2) is 0 Å². The molecule has 0 amide bonds. The Hall–Kier alpha value is -1.35. The molecule has 0 radical (unpaired) electrons. The molecule has 0 spiro atoms. The average Bonchev–Trinajstić information content (AvgIpc) is 2.34. The molecule has 1 atom stereocenters. The maximum Gasteiger partial charge on any atom is 0.323 e. The van der Waals surface area contributed by atoms with E-state index in [4.69, 9.17) is 10.5 Å². The number of unbranched alkanes of at least 4 members (excludes halogenated alkanes) is 1. The van der Waals surface area contributed by atoms with Crippen molar-refractivity contribution in [2.75, 3.05) is 0 Å². The zero-order valence-electron chi connectivity index (χ0n) is 9.69. The van der Waals surface area contributed by atoms with Crippen molar-refractivity contribution in [3.63, 3.8) is 0 Å². The average molecular weight is 221 g/mol. The summed E-state index contributed by atoms with van der Waals surface area (Å²) in [6.45, 7) is 2.38. The van der Waals surface area contributed by atoms with E-state index in [0.717, 1.165) is 18.4 Å². The lowest BCUT2D eigenvalue weighted by atomic mass is 10.1. The highest BCUT2D eigenvalue weighted by Crippen LogP contribution is 2.04. The fourth-order valence-electron chi connectivity index (χ4n) is 1.38. The molecule has 0 aliphatic heterocycles. The summed E-state index contributed by atoms with van der Waals surface area (Å²) < 4.78 is 5.12. The van der Waals surface area contributed by atoms with Crippen LogP contribution in [0.15, 0.2) is 30.3 Å². The van der Waals surface area contributed by atoms with Crippen LogP contribution in [0, 0.1) is 0 Å². The molecule has 1 rings (SSSR count). The zero-order valence-corrected chi connectivity index (χ0v) is 9.69. The van der Waals surface area contributed by atoms with Gasteiger partial charge in [-0.05, 0) is 12.0 Å². The molecule has 0 saturated heterocycles. The van der Waals surface area contributed by atoms with Crippen LogP contribution in [-0.2, 0) is 16.1 Å². The monoisotopic (exact) mass is 221 g/mol. The molecule has 0 aliphatic carbocycles. The number of nitrogens with two attached hydrogens (primary N) is 1. The second kappa shape index (κ2) is 7.01. The fraction of sp³-hybridized carbons (Fsp3) is 0.462. The Bertz CT molecular complexity index is 311. The first-order valence-corrected chi connectivity index (χ1v) is 5.70. The van der Waals surface area contributed by atoms with Crippen LogP contribution in [0.4, 0.5) is 0 Å². The summed E-state index contributed by atoms with van der Waals surface area (Å²) in [5, 5.41) is 0. The normalized spacial score (nSPS) is 12.1. The Kier molecular flexibility index (Phi) is 5.57. The minimum atomic E-state index is -0.483. The van der Waals surface area contributed by atoms with E-state index in [1.165, 1.54) is 0 Å². The molecule has 0 saturated carbocycles. The first-order valence-electron chi connectivity index (χ1n) is 5.70. The second-order valence-electron chi connectivity index (χ2n) is 3.84. The van der Waals surface area contributed by atoms with Crippen molar-refractivity contribution in [2.24, 2.45) is 5.73 Å². The summed E-state index contributed by atoms with van der Waals surface area (Å²) in [7, 11) is 0. The molecule has 1 aromatic rings. The van der Waals surface area contributed by atoms with Crippen LogP contribution in [0.5, 0.6) is 0 Å². The molecule has 0 fully saturated rings. The van der Waals surface area contributed by atoms with E-state index in [-0.39, 0.29) is 5.97 Å². The SMILES string of the molecule is CCCCC(N)C(=O)OCc1ccccc1. The molecule has 3 heteroatoms. The van der Waals surface area contributed by atoms with Crippen LogP contribution < -0.4 is 5.73 Å². The smallest absolute Gasteiger partial charge is 0.323 e. The molecular weight excluding hydrogens is 202 g/mol. The van der Waals surface area contributed by atoms with E-state index in [9.17, 15) is 4.79 Å². The first kappa shape index (κ1) is 12.7.